The number of aromatic nitrogens is 3. The molecule has 2 heterocycles. The summed E-state index contributed by atoms with van der Waals surface area (Å²) in [6, 6.07) is 1.85. The molecule has 0 unspecified atom stereocenters. The first-order valence-electron chi connectivity index (χ1n) is 9.91. The molecule has 0 saturated heterocycles. The molecule has 7 nitrogen and oxygen atoms in total. The minimum atomic E-state index is -4.97. The van der Waals surface area contributed by atoms with Crippen LogP contribution in [-0.4, -0.2) is 26.6 Å². The van der Waals surface area contributed by atoms with Crippen molar-refractivity contribution in [2.24, 2.45) is 0 Å². The fourth-order valence-electron chi connectivity index (χ4n) is 2.89. The second-order valence-electron chi connectivity index (χ2n) is 7.45. The van der Waals surface area contributed by atoms with Gasteiger partial charge in [-0.2, -0.15) is 23.5 Å². The lowest BCUT2D eigenvalue weighted by atomic mass is 10.0. The highest BCUT2D eigenvalue weighted by Gasteiger charge is 2.41. The van der Waals surface area contributed by atoms with Gasteiger partial charge in [-0.3, -0.25) is 14.3 Å². The summed E-state index contributed by atoms with van der Waals surface area (Å²) in [6.45, 7) is 5.96. The van der Waals surface area contributed by atoms with E-state index >= 15 is 0 Å². The zero-order valence-corrected chi connectivity index (χ0v) is 18.8. The van der Waals surface area contributed by atoms with E-state index in [0.29, 0.717) is 11.0 Å². The summed E-state index contributed by atoms with van der Waals surface area (Å²) in [4.78, 5) is 31.1. The fourth-order valence-corrected chi connectivity index (χ4v) is 2.89. The summed E-state index contributed by atoms with van der Waals surface area (Å²) in [5.41, 5.74) is -4.55. The van der Waals surface area contributed by atoms with E-state index in [1.54, 1.807) is 19.9 Å². The predicted molar refractivity (Wildman–Crippen MR) is 116 cm³/mol. The number of rotatable bonds is 6. The molecule has 0 saturated carbocycles. The lowest BCUT2D eigenvalue weighted by Crippen LogP contribution is -2.50. The number of alkyl halides is 3. The summed E-state index contributed by atoms with van der Waals surface area (Å²) in [5.74, 6) is -2.71. The SMILES string of the molecule is C\C=C/C=C(\C=C/C)C(=O)N(C(=O)C(C)(C)n1cc(F)cn1)c1cnc(C#N)c(C(F)(F)F)c1. The quantitative estimate of drug-likeness (QED) is 0.344. The lowest BCUT2D eigenvalue weighted by Gasteiger charge is -2.31. The molecule has 2 rings (SSSR count). The van der Waals surface area contributed by atoms with Gasteiger partial charge in [-0.15, -0.1) is 0 Å². The highest BCUT2D eigenvalue weighted by molar-refractivity contribution is 6.23. The lowest BCUT2D eigenvalue weighted by molar-refractivity contribution is -0.138. The topological polar surface area (TPSA) is 91.9 Å². The van der Waals surface area contributed by atoms with Crippen LogP contribution in [0.5, 0.6) is 0 Å². The van der Waals surface area contributed by atoms with E-state index in [4.69, 9.17) is 5.26 Å². The highest BCUT2D eigenvalue weighted by atomic mass is 19.4. The van der Waals surface area contributed by atoms with E-state index in [9.17, 15) is 27.2 Å². The fraction of sp³-hybridized carbons (Fsp3) is 0.261. The van der Waals surface area contributed by atoms with Gasteiger partial charge in [0.1, 0.15) is 11.6 Å². The van der Waals surface area contributed by atoms with Crippen molar-refractivity contribution >= 4 is 17.5 Å². The summed E-state index contributed by atoms with van der Waals surface area (Å²) in [5, 5.41) is 12.8. The molecule has 2 aromatic rings. The summed E-state index contributed by atoms with van der Waals surface area (Å²) in [7, 11) is 0. The molecule has 0 atom stereocenters. The molecule has 0 aromatic carbocycles. The molecule has 0 N–H and O–H groups in total. The minimum absolute atomic E-state index is 0.0192. The first-order chi connectivity index (χ1) is 15.9. The number of carbonyl (C=O) groups excluding carboxylic acids is 2. The maximum absolute atomic E-state index is 13.6. The summed E-state index contributed by atoms with van der Waals surface area (Å²) >= 11 is 0. The number of anilines is 1. The number of halogens is 4. The smallest absolute Gasteiger partial charge is 0.271 e. The zero-order chi connectivity index (χ0) is 25.7. The van der Waals surface area contributed by atoms with Crippen LogP contribution in [0.15, 0.2) is 60.6 Å². The van der Waals surface area contributed by atoms with Gasteiger partial charge < -0.3 is 0 Å². The van der Waals surface area contributed by atoms with Crippen molar-refractivity contribution in [1.29, 1.82) is 5.26 Å². The van der Waals surface area contributed by atoms with Crippen LogP contribution in [0.2, 0.25) is 0 Å². The van der Waals surface area contributed by atoms with E-state index in [-0.39, 0.29) is 5.57 Å². The Morgan fingerprint density at radius 3 is 2.35 bits per heavy atom. The molecule has 0 fully saturated rings. The monoisotopic (exact) mass is 475 g/mol. The molecule has 178 valence electrons. The molecule has 0 aliphatic rings. The van der Waals surface area contributed by atoms with Crippen LogP contribution in [0.4, 0.5) is 23.2 Å². The third kappa shape index (κ3) is 5.46. The molecule has 0 aliphatic heterocycles. The molecule has 0 spiro atoms. The van der Waals surface area contributed by atoms with Crippen LogP contribution < -0.4 is 4.90 Å². The van der Waals surface area contributed by atoms with Crippen molar-refractivity contribution in [1.82, 2.24) is 14.8 Å². The van der Waals surface area contributed by atoms with Gasteiger partial charge in [-0.05, 0) is 39.8 Å². The maximum Gasteiger partial charge on any atom is 0.419 e. The van der Waals surface area contributed by atoms with Gasteiger partial charge >= 0.3 is 6.18 Å². The second-order valence-corrected chi connectivity index (χ2v) is 7.45. The molecule has 11 heteroatoms. The zero-order valence-electron chi connectivity index (χ0n) is 18.8. The molecule has 0 bridgehead atoms. The van der Waals surface area contributed by atoms with Gasteiger partial charge in [0.2, 0.25) is 0 Å². The van der Waals surface area contributed by atoms with Crippen LogP contribution in [0.25, 0.3) is 0 Å². The van der Waals surface area contributed by atoms with Crippen LogP contribution in [0.3, 0.4) is 0 Å². The van der Waals surface area contributed by atoms with Gasteiger partial charge in [0.25, 0.3) is 11.8 Å². The third-order valence-electron chi connectivity index (χ3n) is 4.66. The number of amides is 2. The number of nitrogens with zero attached hydrogens (tertiary/aromatic N) is 5. The predicted octanol–water partition coefficient (Wildman–Crippen LogP) is 4.68. The van der Waals surface area contributed by atoms with E-state index in [0.717, 1.165) is 23.3 Å². The molecule has 0 aliphatic carbocycles. The van der Waals surface area contributed by atoms with Crippen LogP contribution >= 0.6 is 0 Å². The molecule has 2 amide bonds. The van der Waals surface area contributed by atoms with Crippen LogP contribution in [-0.2, 0) is 21.3 Å². The summed E-state index contributed by atoms with van der Waals surface area (Å²) in [6.07, 6.45) is 5.03. The standard InChI is InChI=1S/C23H21F4N5O2/c1-5-7-9-15(8-6-2)20(33)32(21(34)22(3,4)31-14-16(24)12-30-31)17-10-18(23(25,26)27)19(11-28)29-13-17/h5-10,12-14H,1-4H3/b7-5-,8-6-,15-9+. The van der Waals surface area contributed by atoms with E-state index in [2.05, 4.69) is 10.1 Å². The number of nitriles is 1. The van der Waals surface area contributed by atoms with Crippen molar-refractivity contribution in [3.8, 4) is 6.07 Å². The Bertz CT molecular complexity index is 1220. The molecule has 2 aromatic heterocycles. The number of imide groups is 1. The average molecular weight is 475 g/mol. The van der Waals surface area contributed by atoms with E-state index in [1.807, 2.05) is 0 Å². The number of allylic oxidation sites excluding steroid dienone is 4. The second kappa shape index (κ2) is 10.2. The van der Waals surface area contributed by atoms with Gasteiger partial charge in [0.15, 0.2) is 11.5 Å². The first-order valence-corrected chi connectivity index (χ1v) is 9.91. The summed E-state index contributed by atoms with van der Waals surface area (Å²) < 4.78 is 55.2. The average Bonchev–Trinajstić information content (AvgIpc) is 3.23. The number of pyridine rings is 1. The van der Waals surface area contributed by atoms with Crippen molar-refractivity contribution in [3.05, 3.63) is 77.7 Å². The Hall–Kier alpha value is -4.07. The highest BCUT2D eigenvalue weighted by Crippen LogP contribution is 2.34. The van der Waals surface area contributed by atoms with Gasteiger partial charge in [-0.25, -0.2) is 14.3 Å². The molecular formula is C23H21F4N5O2. The van der Waals surface area contributed by atoms with Gasteiger partial charge in [0.05, 0.1) is 29.8 Å². The third-order valence-corrected chi connectivity index (χ3v) is 4.66. The van der Waals surface area contributed by atoms with Crippen molar-refractivity contribution < 1.29 is 27.2 Å². The Morgan fingerprint density at radius 2 is 1.85 bits per heavy atom. The van der Waals surface area contributed by atoms with Crippen molar-refractivity contribution in [2.75, 3.05) is 4.90 Å². The Balaban J connectivity index is 2.78. The molecular weight excluding hydrogens is 454 g/mol. The Labute approximate surface area is 193 Å². The van der Waals surface area contributed by atoms with Crippen LogP contribution in [0, 0.1) is 17.1 Å². The number of hydrogen-bond donors (Lipinski definition) is 0. The normalized spacial score (nSPS) is 12.9. The minimum Gasteiger partial charge on any atom is -0.271 e. The number of hydrogen-bond acceptors (Lipinski definition) is 5. The molecule has 0 radical (unpaired) electrons. The van der Waals surface area contributed by atoms with E-state index in [1.165, 1.54) is 44.2 Å². The van der Waals surface area contributed by atoms with Gasteiger partial charge in [0, 0.05) is 5.57 Å². The Morgan fingerprint density at radius 1 is 1.18 bits per heavy atom. The van der Waals surface area contributed by atoms with Gasteiger partial charge in [-0.1, -0.05) is 24.3 Å². The van der Waals surface area contributed by atoms with E-state index < -0.39 is 46.3 Å². The number of carbonyl (C=O) groups is 2. The Kier molecular flexibility index (Phi) is 7.89. The largest absolute Gasteiger partial charge is 0.419 e. The maximum atomic E-state index is 13.6. The first kappa shape index (κ1) is 26.2. The van der Waals surface area contributed by atoms with Crippen molar-refractivity contribution in [3.63, 3.8) is 0 Å². The van der Waals surface area contributed by atoms with Crippen LogP contribution in [0.1, 0.15) is 39.0 Å². The van der Waals surface area contributed by atoms with Crippen molar-refractivity contribution in [2.45, 2.75) is 39.4 Å². The molecule has 34 heavy (non-hydrogen) atoms.